The number of carbonyl (C=O) groups excluding carboxylic acids is 1. The summed E-state index contributed by atoms with van der Waals surface area (Å²) in [5.41, 5.74) is 0.630. The Morgan fingerprint density at radius 1 is 1.04 bits per heavy atom. The minimum absolute atomic E-state index is 0.0262. The van der Waals surface area contributed by atoms with Gasteiger partial charge in [-0.3, -0.25) is 9.59 Å². The molecule has 2 saturated heterocycles. The van der Waals surface area contributed by atoms with E-state index in [1.165, 1.54) is 10.9 Å². The van der Waals surface area contributed by atoms with E-state index in [0.717, 1.165) is 23.7 Å². The van der Waals surface area contributed by atoms with Crippen LogP contribution in [-0.4, -0.2) is 93.8 Å². The van der Waals surface area contributed by atoms with Crippen LogP contribution in [0, 0.1) is 6.92 Å². The van der Waals surface area contributed by atoms with E-state index in [9.17, 15) is 27.9 Å². The summed E-state index contributed by atoms with van der Waals surface area (Å²) in [7, 11) is 1.58. The van der Waals surface area contributed by atoms with Crippen LogP contribution < -0.4 is 20.5 Å². The maximum absolute atomic E-state index is 13.2. The quantitative estimate of drug-likeness (QED) is 0.325. The number of aromatic nitrogens is 4. The van der Waals surface area contributed by atoms with E-state index in [-0.39, 0.29) is 36.7 Å². The normalized spacial score (nSPS) is 18.4. The topological polar surface area (TPSA) is 135 Å². The lowest BCUT2D eigenvalue weighted by Gasteiger charge is -2.36. The zero-order valence-corrected chi connectivity index (χ0v) is 25.0. The van der Waals surface area contributed by atoms with Gasteiger partial charge in [-0.25, -0.2) is 14.6 Å². The summed E-state index contributed by atoms with van der Waals surface area (Å²) in [6, 6.07) is 6.75. The molecule has 2 atom stereocenters. The number of ether oxygens (including phenoxy) is 2. The lowest BCUT2D eigenvalue weighted by atomic mass is 10.0. The molecule has 1 aromatic carbocycles. The highest BCUT2D eigenvalue weighted by atomic mass is 19.4. The minimum Gasteiger partial charge on any atom is -0.497 e. The number of hydrogen-bond acceptors (Lipinski definition) is 10. The third-order valence-electron chi connectivity index (χ3n) is 8.20. The first kappa shape index (κ1) is 32.2. The lowest BCUT2D eigenvalue weighted by Crippen LogP contribution is -2.47. The highest BCUT2D eigenvalue weighted by Gasteiger charge is 2.38. The molecular weight excluding hydrogens is 595 g/mol. The summed E-state index contributed by atoms with van der Waals surface area (Å²) >= 11 is 0. The molecule has 2 aliphatic heterocycles. The molecule has 2 aromatic heterocycles. The van der Waals surface area contributed by atoms with E-state index in [1.807, 2.05) is 29.2 Å². The van der Waals surface area contributed by atoms with Crippen LogP contribution in [0.25, 0.3) is 0 Å². The third kappa shape index (κ3) is 7.53. The summed E-state index contributed by atoms with van der Waals surface area (Å²) in [6.45, 7) is 3.26. The number of hydrogen-bond donors (Lipinski definition) is 2. The lowest BCUT2D eigenvalue weighted by molar-refractivity contribution is -0.140. The molecule has 15 heteroatoms. The van der Waals surface area contributed by atoms with Crippen molar-refractivity contribution in [1.29, 1.82) is 0 Å². The fourth-order valence-corrected chi connectivity index (χ4v) is 5.54. The van der Waals surface area contributed by atoms with Gasteiger partial charge in [-0.1, -0.05) is 12.1 Å². The van der Waals surface area contributed by atoms with E-state index >= 15 is 0 Å². The van der Waals surface area contributed by atoms with Crippen LogP contribution in [0.2, 0.25) is 0 Å². The summed E-state index contributed by atoms with van der Waals surface area (Å²) in [5, 5.41) is 17.4. The third-order valence-corrected chi connectivity index (χ3v) is 8.20. The molecule has 0 bridgehead atoms. The second-order valence-electron chi connectivity index (χ2n) is 11.1. The molecule has 0 saturated carbocycles. The number of nitrogens with one attached hydrogen (secondary N) is 1. The zero-order chi connectivity index (χ0) is 32.1. The van der Waals surface area contributed by atoms with E-state index < -0.39 is 23.9 Å². The Hall–Kier alpha value is -4.24. The summed E-state index contributed by atoms with van der Waals surface area (Å²) < 4.78 is 50.9. The van der Waals surface area contributed by atoms with Crippen LogP contribution in [-0.2, 0) is 22.3 Å². The summed E-state index contributed by atoms with van der Waals surface area (Å²) in [5.74, 6) is 0.822. The molecule has 4 heterocycles. The Morgan fingerprint density at radius 2 is 1.73 bits per heavy atom. The van der Waals surface area contributed by atoms with Crippen molar-refractivity contribution in [1.82, 2.24) is 24.6 Å². The monoisotopic (exact) mass is 631 g/mol. The number of amides is 1. The number of rotatable bonds is 11. The molecule has 3 aromatic rings. The average molecular weight is 632 g/mol. The molecule has 2 N–H and O–H groups in total. The molecule has 242 valence electrons. The number of likely N-dealkylation sites (tertiary alicyclic amines) is 1. The Labute approximate surface area is 257 Å². The molecule has 45 heavy (non-hydrogen) atoms. The summed E-state index contributed by atoms with van der Waals surface area (Å²) in [4.78, 5) is 37.5. The van der Waals surface area contributed by atoms with Crippen molar-refractivity contribution in [2.75, 3.05) is 50.2 Å². The molecule has 12 nitrogen and oxygen atoms in total. The van der Waals surface area contributed by atoms with Crippen LogP contribution in [0.1, 0.15) is 36.0 Å². The fraction of sp³-hybridized carbons (Fsp3) is 0.500. The van der Waals surface area contributed by atoms with Gasteiger partial charge in [0.05, 0.1) is 50.4 Å². The number of aliphatic hydroxyl groups is 1. The van der Waals surface area contributed by atoms with Gasteiger partial charge in [0.2, 0.25) is 5.95 Å². The smallest absolute Gasteiger partial charge is 0.419 e. The number of alkyl halides is 3. The Bertz CT molecular complexity index is 1510. The minimum atomic E-state index is -4.49. The second kappa shape index (κ2) is 13.8. The van der Waals surface area contributed by atoms with Crippen LogP contribution in [0.3, 0.4) is 0 Å². The number of nitrogens with zero attached hydrogens (tertiary/aromatic N) is 6. The van der Waals surface area contributed by atoms with Crippen molar-refractivity contribution in [3.8, 4) is 5.75 Å². The molecule has 2 aliphatic rings. The van der Waals surface area contributed by atoms with Gasteiger partial charge in [0.15, 0.2) is 0 Å². The van der Waals surface area contributed by atoms with E-state index in [0.29, 0.717) is 56.7 Å². The number of anilines is 2. The van der Waals surface area contributed by atoms with E-state index in [1.54, 1.807) is 18.9 Å². The highest BCUT2D eigenvalue weighted by molar-refractivity contribution is 5.83. The molecule has 0 radical (unpaired) electrons. The van der Waals surface area contributed by atoms with Gasteiger partial charge in [-0.15, -0.1) is 0 Å². The van der Waals surface area contributed by atoms with Crippen molar-refractivity contribution < 1.29 is 32.5 Å². The molecule has 5 rings (SSSR count). The van der Waals surface area contributed by atoms with E-state index in [2.05, 4.69) is 20.4 Å². The van der Waals surface area contributed by atoms with Crippen molar-refractivity contribution in [3.05, 3.63) is 69.9 Å². The van der Waals surface area contributed by atoms with Crippen molar-refractivity contribution in [3.63, 3.8) is 0 Å². The number of piperidine rings is 1. The SMILES string of the molecule is COc1ccc(Cn2ncc(N[C@@H](CO)CO[C@@H]3CCN(C4CCN(c5ncc(C(F)(F)F)cn5)CC4)C3=O)c(C)c2=O)cc1. The van der Waals surface area contributed by atoms with Gasteiger partial charge in [0.1, 0.15) is 11.9 Å². The Balaban J connectivity index is 1.11. The predicted octanol–water partition coefficient (Wildman–Crippen LogP) is 2.48. The maximum Gasteiger partial charge on any atom is 0.419 e. The van der Waals surface area contributed by atoms with Crippen LogP contribution in [0.15, 0.2) is 47.7 Å². The van der Waals surface area contributed by atoms with Crippen LogP contribution in [0.4, 0.5) is 24.8 Å². The first-order valence-electron chi connectivity index (χ1n) is 14.7. The fourth-order valence-electron chi connectivity index (χ4n) is 5.54. The van der Waals surface area contributed by atoms with Gasteiger partial charge in [-0.2, -0.15) is 18.3 Å². The van der Waals surface area contributed by atoms with Crippen LogP contribution in [0.5, 0.6) is 5.75 Å². The van der Waals surface area contributed by atoms with Crippen LogP contribution >= 0.6 is 0 Å². The van der Waals surface area contributed by atoms with Crippen molar-refractivity contribution >= 4 is 17.5 Å². The number of halogens is 3. The van der Waals surface area contributed by atoms with Gasteiger partial charge in [0, 0.05) is 50.1 Å². The molecule has 0 spiro atoms. The largest absolute Gasteiger partial charge is 0.497 e. The first-order chi connectivity index (χ1) is 21.6. The van der Waals surface area contributed by atoms with Crippen molar-refractivity contribution in [2.45, 2.75) is 57.1 Å². The number of methoxy groups -OCH3 is 1. The van der Waals surface area contributed by atoms with E-state index in [4.69, 9.17) is 9.47 Å². The highest BCUT2D eigenvalue weighted by Crippen LogP contribution is 2.29. The molecule has 0 unspecified atom stereocenters. The molecular formula is C30H36F3N7O5. The number of benzene rings is 1. The number of aliphatic hydroxyl groups excluding tert-OH is 1. The zero-order valence-electron chi connectivity index (χ0n) is 25.0. The standard InChI is InChI=1S/C30H36F3N7O5/c1-19-25(15-36-40(27(19)42)16-20-3-5-24(44-2)6-4-20)37-22(17-41)18-45-26-9-12-39(28(26)43)23-7-10-38(11-8-23)29-34-13-21(14-35-29)30(31,32)33/h3-6,13-15,22-23,26,37,41H,7-12,16-18H2,1-2H3/t22-,26+/m0/s1. The van der Waals surface area contributed by atoms with Gasteiger partial charge < -0.3 is 29.7 Å². The Kier molecular flexibility index (Phi) is 9.87. The molecule has 1 amide bonds. The Morgan fingerprint density at radius 3 is 2.36 bits per heavy atom. The van der Waals surface area contributed by atoms with Gasteiger partial charge >= 0.3 is 6.18 Å². The number of carbonyl (C=O) groups is 1. The first-order valence-corrected chi connectivity index (χ1v) is 14.7. The van der Waals surface area contributed by atoms with Gasteiger partial charge in [0.25, 0.3) is 11.5 Å². The molecule has 2 fully saturated rings. The average Bonchev–Trinajstić information content (AvgIpc) is 3.42. The summed E-state index contributed by atoms with van der Waals surface area (Å²) in [6.07, 6.45) is -0.300. The van der Waals surface area contributed by atoms with Gasteiger partial charge in [-0.05, 0) is 37.5 Å². The molecule has 0 aliphatic carbocycles. The second-order valence-corrected chi connectivity index (χ2v) is 11.1. The van der Waals surface area contributed by atoms with Crippen molar-refractivity contribution in [2.24, 2.45) is 0 Å². The maximum atomic E-state index is 13.2. The predicted molar refractivity (Wildman–Crippen MR) is 158 cm³/mol.